The summed E-state index contributed by atoms with van der Waals surface area (Å²) in [7, 11) is 0. The maximum absolute atomic E-state index is 12.6. The summed E-state index contributed by atoms with van der Waals surface area (Å²) in [4.78, 5) is 12.6. The molecular weight excluding hydrogens is 538 g/mol. The first-order valence-electron chi connectivity index (χ1n) is 13.1. The highest BCUT2D eigenvalue weighted by Crippen LogP contribution is 2.23. The quantitative estimate of drug-likeness (QED) is 0.139. The number of ether oxygens (including phenoxy) is 2. The van der Waals surface area contributed by atoms with Crippen molar-refractivity contribution in [1.82, 2.24) is 9.99 Å². The molecule has 0 saturated carbocycles. The first-order chi connectivity index (χ1) is 19.9. The molecule has 0 aliphatic rings. The van der Waals surface area contributed by atoms with E-state index in [4.69, 9.17) is 25.5 Å². The summed E-state index contributed by atoms with van der Waals surface area (Å²) in [5, 5.41) is 4.61. The number of aromatic nitrogens is 1. The average Bonchev–Trinajstić information content (AvgIpc) is 3.58. The van der Waals surface area contributed by atoms with Crippen LogP contribution in [0, 0.1) is 20.8 Å². The Bertz CT molecular complexity index is 1670. The van der Waals surface area contributed by atoms with E-state index in [0.29, 0.717) is 34.5 Å². The molecule has 41 heavy (non-hydrogen) atoms. The number of benzene rings is 3. The van der Waals surface area contributed by atoms with E-state index in [9.17, 15) is 4.79 Å². The number of hydrazone groups is 1. The van der Waals surface area contributed by atoms with Crippen LogP contribution in [0.25, 0.3) is 5.69 Å². The zero-order valence-corrected chi connectivity index (χ0v) is 23.8. The van der Waals surface area contributed by atoms with Crippen LogP contribution in [-0.4, -0.2) is 16.7 Å². The second-order valence-corrected chi connectivity index (χ2v) is 10.1. The van der Waals surface area contributed by atoms with Gasteiger partial charge in [-0.15, -0.1) is 0 Å². The van der Waals surface area contributed by atoms with E-state index in [2.05, 4.69) is 47.1 Å². The van der Waals surface area contributed by atoms with Crippen molar-refractivity contribution in [1.29, 1.82) is 0 Å². The topological polar surface area (TPSA) is 78.0 Å². The molecule has 208 valence electrons. The summed E-state index contributed by atoms with van der Waals surface area (Å²) < 4.78 is 19.7. The van der Waals surface area contributed by atoms with E-state index in [0.717, 1.165) is 16.8 Å². The van der Waals surface area contributed by atoms with Gasteiger partial charge in [0.25, 0.3) is 0 Å². The third-order valence-electron chi connectivity index (χ3n) is 6.45. The lowest BCUT2D eigenvalue weighted by atomic mass is 10.1. The monoisotopic (exact) mass is 567 g/mol. The summed E-state index contributed by atoms with van der Waals surface area (Å²) in [5.74, 6) is 1.44. The van der Waals surface area contributed by atoms with Crippen molar-refractivity contribution >= 4 is 23.7 Å². The van der Waals surface area contributed by atoms with Gasteiger partial charge in [0.05, 0.1) is 6.21 Å². The molecule has 2 aromatic heterocycles. The van der Waals surface area contributed by atoms with Gasteiger partial charge >= 0.3 is 5.91 Å². The Morgan fingerprint density at radius 1 is 0.902 bits per heavy atom. The summed E-state index contributed by atoms with van der Waals surface area (Å²) in [6, 6.07) is 28.6. The highest BCUT2D eigenvalue weighted by atomic mass is 35.5. The molecule has 0 unspecified atom stereocenters. The van der Waals surface area contributed by atoms with Crippen LogP contribution in [0.3, 0.4) is 0 Å². The van der Waals surface area contributed by atoms with Gasteiger partial charge in [0.15, 0.2) is 5.76 Å². The first kappa shape index (κ1) is 27.8. The molecule has 1 N–H and O–H groups in total. The third kappa shape index (κ3) is 7.07. The maximum atomic E-state index is 12.6. The largest absolute Gasteiger partial charge is 0.488 e. The number of halogens is 1. The van der Waals surface area contributed by atoms with Crippen LogP contribution in [0.1, 0.15) is 44.4 Å². The van der Waals surface area contributed by atoms with Crippen molar-refractivity contribution in [2.75, 3.05) is 0 Å². The SMILES string of the molecule is Cc1cccc(COc2ccc(Cl)cc2/C=N/NC(=O)c2ccc(COc3ccc(-n4c(C)ccc4C)cc3)o2)c1. The molecule has 0 atom stereocenters. The highest BCUT2D eigenvalue weighted by molar-refractivity contribution is 6.30. The minimum Gasteiger partial charge on any atom is -0.488 e. The molecule has 5 rings (SSSR count). The third-order valence-corrected chi connectivity index (χ3v) is 6.69. The zero-order chi connectivity index (χ0) is 28.8. The standard InChI is InChI=1S/C33H30ClN3O4/c1-22-5-4-6-25(17-22)20-40-31-15-9-27(34)18-26(31)19-35-36-33(38)32-16-14-30(41-32)21-39-29-12-10-28(11-13-29)37-23(2)7-8-24(37)3/h4-19H,20-21H2,1-3H3,(H,36,38)/b35-19+. The smallest absolute Gasteiger partial charge is 0.307 e. The Morgan fingerprint density at radius 2 is 1.68 bits per heavy atom. The number of nitrogens with one attached hydrogen (secondary N) is 1. The molecule has 3 aromatic carbocycles. The van der Waals surface area contributed by atoms with Gasteiger partial charge in [0.2, 0.25) is 0 Å². The van der Waals surface area contributed by atoms with E-state index in [1.54, 1.807) is 30.3 Å². The molecule has 0 radical (unpaired) electrons. The van der Waals surface area contributed by atoms with Crippen molar-refractivity contribution in [3.63, 3.8) is 0 Å². The molecule has 0 bridgehead atoms. The molecule has 0 spiro atoms. The Labute approximate surface area is 244 Å². The van der Waals surface area contributed by atoms with Crippen LogP contribution >= 0.6 is 11.6 Å². The Morgan fingerprint density at radius 3 is 2.44 bits per heavy atom. The lowest BCUT2D eigenvalue weighted by molar-refractivity contribution is 0.0923. The molecule has 1 amide bonds. The lowest BCUT2D eigenvalue weighted by Crippen LogP contribution is -2.16. The number of aryl methyl sites for hydroxylation is 3. The van der Waals surface area contributed by atoms with Crippen LogP contribution < -0.4 is 14.9 Å². The van der Waals surface area contributed by atoms with E-state index >= 15 is 0 Å². The Hall–Kier alpha value is -4.75. The number of hydrogen-bond donors (Lipinski definition) is 1. The molecule has 0 saturated heterocycles. The van der Waals surface area contributed by atoms with Gasteiger partial charge in [-0.1, -0.05) is 41.4 Å². The number of hydrogen-bond acceptors (Lipinski definition) is 5. The van der Waals surface area contributed by atoms with Gasteiger partial charge in [0.1, 0.15) is 30.5 Å². The summed E-state index contributed by atoms with van der Waals surface area (Å²) in [6.45, 7) is 6.76. The number of carbonyl (C=O) groups is 1. The molecule has 0 aliphatic carbocycles. The van der Waals surface area contributed by atoms with Crippen LogP contribution in [-0.2, 0) is 13.2 Å². The summed E-state index contributed by atoms with van der Waals surface area (Å²) in [5.41, 5.74) is 8.73. The number of rotatable bonds is 10. The number of carbonyl (C=O) groups excluding carboxylic acids is 1. The van der Waals surface area contributed by atoms with E-state index in [-0.39, 0.29) is 12.4 Å². The predicted octanol–water partition coefficient (Wildman–Crippen LogP) is 7.57. The van der Waals surface area contributed by atoms with Crippen LogP contribution in [0.15, 0.2) is 101 Å². The van der Waals surface area contributed by atoms with Crippen LogP contribution in [0.4, 0.5) is 0 Å². The van der Waals surface area contributed by atoms with Crippen molar-refractivity contribution in [2.45, 2.75) is 34.0 Å². The fraction of sp³-hybridized carbons (Fsp3) is 0.152. The lowest BCUT2D eigenvalue weighted by Gasteiger charge is -2.10. The van der Waals surface area contributed by atoms with Gasteiger partial charge in [-0.2, -0.15) is 5.10 Å². The molecular formula is C33H30ClN3O4. The van der Waals surface area contributed by atoms with Crippen LogP contribution in [0.2, 0.25) is 5.02 Å². The number of amides is 1. The first-order valence-corrected chi connectivity index (χ1v) is 13.5. The molecule has 0 aliphatic heterocycles. The van der Waals surface area contributed by atoms with Gasteiger partial charge in [-0.05, 0) is 93.1 Å². The molecule has 5 aromatic rings. The highest BCUT2D eigenvalue weighted by Gasteiger charge is 2.12. The maximum Gasteiger partial charge on any atom is 0.307 e. The van der Waals surface area contributed by atoms with Gasteiger partial charge in [-0.3, -0.25) is 4.79 Å². The van der Waals surface area contributed by atoms with Crippen LogP contribution in [0.5, 0.6) is 11.5 Å². The minimum atomic E-state index is -0.487. The Kier molecular flexibility index (Phi) is 8.56. The van der Waals surface area contributed by atoms with Gasteiger partial charge in [-0.25, -0.2) is 5.43 Å². The molecule has 2 heterocycles. The zero-order valence-electron chi connectivity index (χ0n) is 23.1. The number of furan rings is 1. The normalized spacial score (nSPS) is 11.1. The second-order valence-electron chi connectivity index (χ2n) is 9.66. The van der Waals surface area contributed by atoms with E-state index in [1.165, 1.54) is 17.6 Å². The summed E-state index contributed by atoms with van der Waals surface area (Å²) in [6.07, 6.45) is 1.49. The van der Waals surface area contributed by atoms with Crippen molar-refractivity contribution in [2.24, 2.45) is 5.10 Å². The fourth-order valence-electron chi connectivity index (χ4n) is 4.43. The number of nitrogens with zero attached hydrogens (tertiary/aromatic N) is 2. The molecule has 7 nitrogen and oxygen atoms in total. The van der Waals surface area contributed by atoms with Crippen molar-refractivity contribution < 1.29 is 18.7 Å². The summed E-state index contributed by atoms with van der Waals surface area (Å²) >= 11 is 6.18. The van der Waals surface area contributed by atoms with Crippen molar-refractivity contribution in [3.8, 4) is 17.2 Å². The fourth-order valence-corrected chi connectivity index (χ4v) is 4.61. The van der Waals surface area contributed by atoms with Gasteiger partial charge in [0, 0.05) is 27.7 Å². The second kappa shape index (κ2) is 12.6. The van der Waals surface area contributed by atoms with Gasteiger partial charge < -0.3 is 18.5 Å². The van der Waals surface area contributed by atoms with E-state index in [1.807, 2.05) is 49.4 Å². The predicted molar refractivity (Wildman–Crippen MR) is 160 cm³/mol. The van der Waals surface area contributed by atoms with E-state index < -0.39 is 5.91 Å². The molecule has 8 heteroatoms. The average molecular weight is 568 g/mol. The molecule has 0 fully saturated rings. The minimum absolute atomic E-state index is 0.122. The Balaban J connectivity index is 1.15. The van der Waals surface area contributed by atoms with Crippen molar-refractivity contribution in [3.05, 3.63) is 136 Å².